The lowest BCUT2D eigenvalue weighted by Gasteiger charge is -2.37. The van der Waals surface area contributed by atoms with Crippen molar-refractivity contribution in [2.24, 2.45) is 0 Å². The van der Waals surface area contributed by atoms with Crippen LogP contribution in [-0.2, 0) is 11.3 Å². The standard InChI is InChI=1S/C11H7ClF4O/c12-8-9(11(15,16)10(8,13)14)17-6-7-4-2-1-3-5-7/h1-5H,6H2. The molecule has 0 aromatic heterocycles. The summed E-state index contributed by atoms with van der Waals surface area (Å²) in [6, 6.07) is 8.36. The van der Waals surface area contributed by atoms with E-state index in [-0.39, 0.29) is 6.61 Å². The minimum absolute atomic E-state index is 0.224. The van der Waals surface area contributed by atoms with Crippen molar-refractivity contribution in [3.05, 3.63) is 46.7 Å². The second-order valence-electron chi connectivity index (χ2n) is 3.57. The molecule has 0 atom stereocenters. The first-order valence-corrected chi connectivity index (χ1v) is 5.08. The lowest BCUT2D eigenvalue weighted by atomic mass is 9.97. The molecule has 0 bridgehead atoms. The van der Waals surface area contributed by atoms with E-state index >= 15 is 0 Å². The highest BCUT2D eigenvalue weighted by Gasteiger charge is 2.73. The number of hydrogen-bond donors (Lipinski definition) is 0. The van der Waals surface area contributed by atoms with Crippen LogP contribution in [0.1, 0.15) is 5.56 Å². The molecule has 1 aliphatic carbocycles. The molecular formula is C11H7ClF4O. The van der Waals surface area contributed by atoms with E-state index in [9.17, 15) is 17.6 Å². The van der Waals surface area contributed by atoms with Gasteiger partial charge in [0.2, 0.25) is 0 Å². The Morgan fingerprint density at radius 1 is 1.00 bits per heavy atom. The summed E-state index contributed by atoms with van der Waals surface area (Å²) in [6.07, 6.45) is 0. The van der Waals surface area contributed by atoms with Crippen LogP contribution in [0.3, 0.4) is 0 Å². The van der Waals surface area contributed by atoms with Crippen molar-refractivity contribution < 1.29 is 22.3 Å². The van der Waals surface area contributed by atoms with Gasteiger partial charge in [0.15, 0.2) is 5.76 Å². The Balaban J connectivity index is 2.09. The van der Waals surface area contributed by atoms with Crippen molar-refractivity contribution >= 4 is 11.6 Å². The highest BCUT2D eigenvalue weighted by atomic mass is 35.5. The molecule has 6 heteroatoms. The van der Waals surface area contributed by atoms with Crippen molar-refractivity contribution in [1.82, 2.24) is 0 Å². The lowest BCUT2D eigenvalue weighted by molar-refractivity contribution is -0.214. The highest BCUT2D eigenvalue weighted by molar-refractivity contribution is 6.32. The third-order valence-electron chi connectivity index (χ3n) is 2.38. The first-order valence-electron chi connectivity index (χ1n) is 4.70. The van der Waals surface area contributed by atoms with E-state index in [0.717, 1.165) is 0 Å². The minimum atomic E-state index is -4.32. The van der Waals surface area contributed by atoms with Crippen molar-refractivity contribution in [2.45, 2.75) is 18.5 Å². The average molecular weight is 267 g/mol. The third-order valence-corrected chi connectivity index (χ3v) is 2.79. The SMILES string of the molecule is FC1(F)C(Cl)=C(OCc2ccccc2)C1(F)F. The summed E-state index contributed by atoms with van der Waals surface area (Å²) >= 11 is 5.08. The molecule has 0 amide bonds. The maximum atomic E-state index is 12.9. The molecular weight excluding hydrogens is 260 g/mol. The van der Waals surface area contributed by atoms with Gasteiger partial charge in [0, 0.05) is 0 Å². The molecule has 0 spiro atoms. The van der Waals surface area contributed by atoms with Crippen LogP contribution in [0.25, 0.3) is 0 Å². The molecule has 0 fully saturated rings. The van der Waals surface area contributed by atoms with Gasteiger partial charge in [-0.2, -0.15) is 17.6 Å². The maximum absolute atomic E-state index is 12.9. The fourth-order valence-electron chi connectivity index (χ4n) is 1.38. The number of allylic oxidation sites excluding steroid dienone is 2. The Kier molecular flexibility index (Phi) is 2.81. The predicted octanol–water partition coefficient (Wildman–Crippen LogP) is 3.94. The zero-order valence-corrected chi connectivity index (χ0v) is 9.15. The molecule has 1 nitrogen and oxygen atoms in total. The molecule has 1 aromatic carbocycles. The Morgan fingerprint density at radius 2 is 1.59 bits per heavy atom. The van der Waals surface area contributed by atoms with Gasteiger partial charge >= 0.3 is 11.8 Å². The fourth-order valence-corrected chi connectivity index (χ4v) is 1.67. The van der Waals surface area contributed by atoms with Crippen molar-refractivity contribution in [3.8, 4) is 0 Å². The molecule has 0 heterocycles. The first kappa shape index (κ1) is 12.2. The summed E-state index contributed by atoms with van der Waals surface area (Å²) in [4.78, 5) is 0. The molecule has 92 valence electrons. The van der Waals surface area contributed by atoms with Crippen LogP contribution in [0.4, 0.5) is 17.6 Å². The van der Waals surface area contributed by atoms with Crippen LogP contribution in [0.2, 0.25) is 0 Å². The van der Waals surface area contributed by atoms with Crippen LogP contribution < -0.4 is 0 Å². The second kappa shape index (κ2) is 3.91. The summed E-state index contributed by atoms with van der Waals surface area (Å²) in [5.74, 6) is -9.78. The van der Waals surface area contributed by atoms with E-state index in [4.69, 9.17) is 11.6 Å². The van der Waals surface area contributed by atoms with Gasteiger partial charge in [0.05, 0.1) is 0 Å². The summed E-state index contributed by atoms with van der Waals surface area (Å²) in [5.41, 5.74) is 0.593. The monoisotopic (exact) mass is 266 g/mol. The Bertz CT molecular complexity index is 456. The molecule has 1 aliphatic rings. The van der Waals surface area contributed by atoms with Gasteiger partial charge in [0.25, 0.3) is 0 Å². The van der Waals surface area contributed by atoms with Crippen molar-refractivity contribution in [3.63, 3.8) is 0 Å². The predicted molar refractivity (Wildman–Crippen MR) is 54.0 cm³/mol. The van der Waals surface area contributed by atoms with E-state index in [2.05, 4.69) is 4.74 Å². The maximum Gasteiger partial charge on any atom is 0.372 e. The van der Waals surface area contributed by atoms with Crippen molar-refractivity contribution in [2.75, 3.05) is 0 Å². The van der Waals surface area contributed by atoms with Gasteiger partial charge in [-0.3, -0.25) is 0 Å². The van der Waals surface area contributed by atoms with Crippen LogP contribution in [0.15, 0.2) is 41.1 Å². The Morgan fingerprint density at radius 3 is 2.12 bits per heavy atom. The van der Waals surface area contributed by atoms with Crippen LogP contribution in [0, 0.1) is 0 Å². The number of hydrogen-bond acceptors (Lipinski definition) is 1. The van der Waals surface area contributed by atoms with Crippen LogP contribution >= 0.6 is 11.6 Å². The zero-order chi connectivity index (χ0) is 12.7. The molecule has 2 rings (SSSR count). The van der Waals surface area contributed by atoms with Gasteiger partial charge in [-0.15, -0.1) is 0 Å². The Hall–Kier alpha value is -1.23. The van der Waals surface area contributed by atoms with E-state index in [1.165, 1.54) is 0 Å². The van der Waals surface area contributed by atoms with Crippen LogP contribution in [0.5, 0.6) is 0 Å². The van der Waals surface area contributed by atoms with Gasteiger partial charge in [0.1, 0.15) is 11.6 Å². The number of halogens is 5. The number of rotatable bonds is 3. The zero-order valence-electron chi connectivity index (χ0n) is 8.39. The number of ether oxygens (including phenoxy) is 1. The number of benzene rings is 1. The molecule has 17 heavy (non-hydrogen) atoms. The highest BCUT2D eigenvalue weighted by Crippen LogP contribution is 2.57. The minimum Gasteiger partial charge on any atom is -0.485 e. The lowest BCUT2D eigenvalue weighted by Crippen LogP contribution is -2.52. The Labute approximate surface area is 99.6 Å². The topological polar surface area (TPSA) is 9.23 Å². The summed E-state index contributed by atoms with van der Waals surface area (Å²) in [5, 5.41) is -1.22. The summed E-state index contributed by atoms with van der Waals surface area (Å²) < 4.78 is 55.8. The molecule has 0 saturated carbocycles. The fraction of sp³-hybridized carbons (Fsp3) is 0.273. The van der Waals surface area contributed by atoms with Crippen LogP contribution in [-0.4, -0.2) is 11.8 Å². The van der Waals surface area contributed by atoms with Gasteiger partial charge in [-0.1, -0.05) is 41.9 Å². The normalized spacial score (nSPS) is 21.0. The smallest absolute Gasteiger partial charge is 0.372 e. The summed E-state index contributed by atoms with van der Waals surface area (Å²) in [6.45, 7) is -0.224. The molecule has 0 N–H and O–H groups in total. The van der Waals surface area contributed by atoms with Gasteiger partial charge in [-0.25, -0.2) is 0 Å². The van der Waals surface area contributed by atoms with E-state index in [1.54, 1.807) is 30.3 Å². The summed E-state index contributed by atoms with van der Waals surface area (Å²) in [7, 11) is 0. The molecule has 0 unspecified atom stereocenters. The number of alkyl halides is 4. The largest absolute Gasteiger partial charge is 0.485 e. The second-order valence-corrected chi connectivity index (χ2v) is 3.94. The van der Waals surface area contributed by atoms with E-state index < -0.39 is 22.6 Å². The third kappa shape index (κ3) is 1.78. The van der Waals surface area contributed by atoms with Gasteiger partial charge in [-0.05, 0) is 5.56 Å². The van der Waals surface area contributed by atoms with Crippen molar-refractivity contribution in [1.29, 1.82) is 0 Å². The molecule has 1 aromatic rings. The first-order chi connectivity index (χ1) is 7.87. The molecule has 0 aliphatic heterocycles. The van der Waals surface area contributed by atoms with E-state index in [0.29, 0.717) is 5.56 Å². The molecule has 0 radical (unpaired) electrons. The molecule has 0 saturated heterocycles. The van der Waals surface area contributed by atoms with Gasteiger partial charge < -0.3 is 4.74 Å². The average Bonchev–Trinajstić information content (AvgIpc) is 2.29. The van der Waals surface area contributed by atoms with E-state index in [1.807, 2.05) is 0 Å². The quantitative estimate of drug-likeness (QED) is 0.753.